The van der Waals surface area contributed by atoms with Crippen LogP contribution in [0.15, 0.2) is 12.3 Å². The van der Waals surface area contributed by atoms with Crippen LogP contribution in [-0.4, -0.2) is 22.5 Å². The van der Waals surface area contributed by atoms with Crippen molar-refractivity contribution in [3.63, 3.8) is 0 Å². The van der Waals surface area contributed by atoms with Crippen molar-refractivity contribution in [3.05, 3.63) is 18.0 Å². The average molecular weight is 207 g/mol. The summed E-state index contributed by atoms with van der Waals surface area (Å²) < 4.78 is 38.6. The van der Waals surface area contributed by atoms with Crippen LogP contribution in [0.3, 0.4) is 0 Å². The predicted molar refractivity (Wildman–Crippen MR) is 45.8 cm³/mol. The first-order chi connectivity index (χ1) is 6.49. The molecule has 1 atom stereocenters. The summed E-state index contributed by atoms with van der Waals surface area (Å²) in [6.07, 6.45) is -2.80. The van der Waals surface area contributed by atoms with Crippen molar-refractivity contribution < 1.29 is 13.2 Å². The molecule has 1 rings (SSSR count). The number of aromatic nitrogens is 2. The van der Waals surface area contributed by atoms with E-state index < -0.39 is 18.6 Å². The second-order valence-electron chi connectivity index (χ2n) is 2.93. The van der Waals surface area contributed by atoms with E-state index >= 15 is 0 Å². The van der Waals surface area contributed by atoms with Crippen molar-refractivity contribution in [3.8, 4) is 0 Å². The van der Waals surface area contributed by atoms with Gasteiger partial charge in [-0.3, -0.25) is 4.68 Å². The number of nitrogens with two attached hydrogens (primary N) is 1. The molecule has 0 aliphatic carbocycles. The molecule has 6 heteroatoms. The number of nitrogens with zero attached hydrogens (tertiary/aromatic N) is 2. The van der Waals surface area contributed by atoms with Gasteiger partial charge in [-0.2, -0.15) is 18.3 Å². The molecule has 0 saturated heterocycles. The molecule has 1 unspecified atom stereocenters. The average Bonchev–Trinajstić information content (AvgIpc) is 2.51. The van der Waals surface area contributed by atoms with Crippen molar-refractivity contribution in [1.82, 2.24) is 9.78 Å². The standard InChI is InChI=1S/C8H12F3N3/c1-2-14-4-3-7(13-14)6(5-12)8(9,10)11/h3-4,6H,2,5,12H2,1H3. The van der Waals surface area contributed by atoms with Crippen molar-refractivity contribution in [2.45, 2.75) is 25.6 Å². The van der Waals surface area contributed by atoms with Crippen LogP contribution >= 0.6 is 0 Å². The monoisotopic (exact) mass is 207 g/mol. The Bertz CT molecular complexity index is 292. The highest BCUT2D eigenvalue weighted by atomic mass is 19.4. The zero-order valence-corrected chi connectivity index (χ0v) is 7.75. The number of hydrogen-bond acceptors (Lipinski definition) is 2. The van der Waals surface area contributed by atoms with Crippen LogP contribution in [0.1, 0.15) is 18.5 Å². The summed E-state index contributed by atoms with van der Waals surface area (Å²) in [4.78, 5) is 0. The highest BCUT2D eigenvalue weighted by Crippen LogP contribution is 2.32. The summed E-state index contributed by atoms with van der Waals surface area (Å²) in [6, 6.07) is 1.36. The second kappa shape index (κ2) is 4.00. The molecule has 0 radical (unpaired) electrons. The zero-order valence-electron chi connectivity index (χ0n) is 7.75. The molecule has 80 valence electrons. The Labute approximate surface area is 79.7 Å². The first-order valence-electron chi connectivity index (χ1n) is 4.29. The van der Waals surface area contributed by atoms with E-state index in [9.17, 15) is 13.2 Å². The molecular formula is C8H12F3N3. The van der Waals surface area contributed by atoms with E-state index in [1.54, 1.807) is 0 Å². The third kappa shape index (κ3) is 2.25. The minimum Gasteiger partial charge on any atom is -0.329 e. The number of hydrogen-bond donors (Lipinski definition) is 1. The highest BCUT2D eigenvalue weighted by Gasteiger charge is 2.41. The first kappa shape index (κ1) is 11.0. The summed E-state index contributed by atoms with van der Waals surface area (Å²) in [5.74, 6) is -1.66. The fourth-order valence-corrected chi connectivity index (χ4v) is 1.16. The van der Waals surface area contributed by atoms with Gasteiger partial charge in [-0.1, -0.05) is 0 Å². The number of rotatable bonds is 3. The van der Waals surface area contributed by atoms with Gasteiger partial charge in [0, 0.05) is 19.3 Å². The van der Waals surface area contributed by atoms with Crippen LogP contribution in [0.5, 0.6) is 0 Å². The summed E-state index contributed by atoms with van der Waals surface area (Å²) in [5, 5.41) is 3.78. The van der Waals surface area contributed by atoms with E-state index in [1.165, 1.54) is 16.9 Å². The highest BCUT2D eigenvalue weighted by molar-refractivity contribution is 5.09. The lowest BCUT2D eigenvalue weighted by atomic mass is 10.1. The Balaban J connectivity index is 2.90. The van der Waals surface area contributed by atoms with Crippen LogP contribution in [0.4, 0.5) is 13.2 Å². The van der Waals surface area contributed by atoms with Crippen LogP contribution in [-0.2, 0) is 6.54 Å². The van der Waals surface area contributed by atoms with Gasteiger partial charge in [-0.05, 0) is 13.0 Å². The van der Waals surface area contributed by atoms with Crippen molar-refractivity contribution in [1.29, 1.82) is 0 Å². The fraction of sp³-hybridized carbons (Fsp3) is 0.625. The molecule has 14 heavy (non-hydrogen) atoms. The van der Waals surface area contributed by atoms with Crippen molar-refractivity contribution in [2.75, 3.05) is 6.54 Å². The quantitative estimate of drug-likeness (QED) is 0.816. The van der Waals surface area contributed by atoms with E-state index in [0.717, 1.165) is 0 Å². The lowest BCUT2D eigenvalue weighted by molar-refractivity contribution is -0.148. The van der Waals surface area contributed by atoms with Gasteiger partial charge in [0.15, 0.2) is 0 Å². The van der Waals surface area contributed by atoms with E-state index in [0.29, 0.717) is 6.54 Å². The molecule has 0 aliphatic heterocycles. The van der Waals surface area contributed by atoms with Crippen LogP contribution in [0.25, 0.3) is 0 Å². The number of aryl methyl sites for hydroxylation is 1. The van der Waals surface area contributed by atoms with E-state index in [1.807, 2.05) is 6.92 Å². The Hall–Kier alpha value is -1.04. The van der Waals surface area contributed by atoms with Gasteiger partial charge in [0.2, 0.25) is 0 Å². The van der Waals surface area contributed by atoms with Gasteiger partial charge in [0.05, 0.1) is 5.69 Å². The second-order valence-corrected chi connectivity index (χ2v) is 2.93. The summed E-state index contributed by atoms with van der Waals surface area (Å²) in [7, 11) is 0. The van der Waals surface area contributed by atoms with E-state index in [4.69, 9.17) is 5.73 Å². The lowest BCUT2D eigenvalue weighted by Gasteiger charge is -2.15. The molecule has 1 aromatic heterocycles. The Kier molecular flexibility index (Phi) is 3.15. The van der Waals surface area contributed by atoms with Gasteiger partial charge < -0.3 is 5.73 Å². The van der Waals surface area contributed by atoms with E-state index in [-0.39, 0.29) is 5.69 Å². The summed E-state index contributed by atoms with van der Waals surface area (Å²) >= 11 is 0. The van der Waals surface area contributed by atoms with Crippen LogP contribution in [0, 0.1) is 0 Å². The molecule has 3 nitrogen and oxygen atoms in total. The molecular weight excluding hydrogens is 195 g/mol. The van der Waals surface area contributed by atoms with Crippen molar-refractivity contribution in [2.24, 2.45) is 5.73 Å². The molecule has 0 aliphatic rings. The third-order valence-corrected chi connectivity index (χ3v) is 1.97. The van der Waals surface area contributed by atoms with E-state index in [2.05, 4.69) is 5.10 Å². The summed E-state index contributed by atoms with van der Waals surface area (Å²) in [6.45, 7) is 1.89. The maximum Gasteiger partial charge on any atom is 0.398 e. The van der Waals surface area contributed by atoms with Crippen LogP contribution < -0.4 is 5.73 Å². The van der Waals surface area contributed by atoms with Gasteiger partial charge in [-0.15, -0.1) is 0 Å². The Morgan fingerprint density at radius 1 is 1.57 bits per heavy atom. The van der Waals surface area contributed by atoms with Gasteiger partial charge >= 0.3 is 6.18 Å². The Morgan fingerprint density at radius 2 is 2.21 bits per heavy atom. The first-order valence-corrected chi connectivity index (χ1v) is 4.29. The molecule has 1 heterocycles. The minimum atomic E-state index is -4.32. The largest absolute Gasteiger partial charge is 0.398 e. The molecule has 0 bridgehead atoms. The maximum atomic E-state index is 12.4. The number of alkyl halides is 3. The SMILES string of the molecule is CCn1ccc(C(CN)C(F)(F)F)n1. The fourth-order valence-electron chi connectivity index (χ4n) is 1.16. The van der Waals surface area contributed by atoms with Gasteiger partial charge in [-0.25, -0.2) is 0 Å². The minimum absolute atomic E-state index is 0.0122. The molecule has 1 aromatic rings. The molecule has 0 fully saturated rings. The molecule has 0 aromatic carbocycles. The molecule has 0 saturated carbocycles. The topological polar surface area (TPSA) is 43.8 Å². The normalized spacial score (nSPS) is 14.4. The van der Waals surface area contributed by atoms with Gasteiger partial charge in [0.1, 0.15) is 5.92 Å². The molecule has 0 spiro atoms. The van der Waals surface area contributed by atoms with Crippen molar-refractivity contribution >= 4 is 0 Å². The van der Waals surface area contributed by atoms with Crippen LogP contribution in [0.2, 0.25) is 0 Å². The maximum absolute atomic E-state index is 12.4. The Morgan fingerprint density at radius 3 is 2.57 bits per heavy atom. The number of halogens is 3. The van der Waals surface area contributed by atoms with Gasteiger partial charge in [0.25, 0.3) is 0 Å². The zero-order chi connectivity index (χ0) is 10.8. The molecule has 2 N–H and O–H groups in total. The predicted octanol–water partition coefficient (Wildman–Crippen LogP) is 1.51. The third-order valence-electron chi connectivity index (χ3n) is 1.97. The smallest absolute Gasteiger partial charge is 0.329 e. The lowest BCUT2D eigenvalue weighted by Crippen LogP contribution is -2.28. The molecule has 0 amide bonds. The summed E-state index contributed by atoms with van der Waals surface area (Å²) in [5.41, 5.74) is 5.06.